The molecule has 0 bridgehead atoms. The summed E-state index contributed by atoms with van der Waals surface area (Å²) in [5.41, 5.74) is 1.60. The molecule has 0 fully saturated rings. The number of anilines is 2. The van der Waals surface area contributed by atoms with Gasteiger partial charge >= 0.3 is 35.8 Å². The van der Waals surface area contributed by atoms with E-state index >= 15 is 0 Å². The summed E-state index contributed by atoms with van der Waals surface area (Å²) in [6.45, 7) is 6.60. The maximum absolute atomic E-state index is 14.1. The molecule has 1 aliphatic carbocycles. The van der Waals surface area contributed by atoms with Crippen LogP contribution >= 0.6 is 0 Å². The van der Waals surface area contributed by atoms with Crippen molar-refractivity contribution in [2.75, 3.05) is 76.7 Å². The zero-order chi connectivity index (χ0) is 49.8. The summed E-state index contributed by atoms with van der Waals surface area (Å²) in [5, 5.41) is 24.8. The van der Waals surface area contributed by atoms with E-state index in [2.05, 4.69) is 10.6 Å². The molecule has 4 N–H and O–H groups in total. The molecule has 0 amide bonds. The number of fused-ring (bicyclic) bond motifs is 2. The topological polar surface area (TPSA) is 275 Å². The van der Waals surface area contributed by atoms with Crippen molar-refractivity contribution in [3.8, 4) is 0 Å². The fraction of sp³-hybridized carbons (Fsp3) is 0.583. The number of aliphatic hydroxyl groups excluding tert-OH is 2. The van der Waals surface area contributed by atoms with Crippen molar-refractivity contribution < 1.29 is 86.5 Å². The van der Waals surface area contributed by atoms with Gasteiger partial charge < -0.3 is 58.7 Å². The minimum absolute atomic E-state index is 0.00654. The van der Waals surface area contributed by atoms with Crippen LogP contribution in [0.5, 0.6) is 0 Å². The van der Waals surface area contributed by atoms with Gasteiger partial charge in [-0.05, 0) is 64.5 Å². The molecule has 3 rings (SSSR count). The quantitative estimate of drug-likeness (QED) is 0.0374. The highest BCUT2D eigenvalue weighted by molar-refractivity contribution is 6.32. The van der Waals surface area contributed by atoms with Crippen LogP contribution in [-0.4, -0.2) is 148 Å². The minimum Gasteiger partial charge on any atom is -0.463 e. The molecular weight excluding hydrogens is 893 g/mol. The lowest BCUT2D eigenvalue weighted by Gasteiger charge is -2.27. The number of unbranched alkanes of at least 4 members (excludes halogenated alkanes) is 2. The van der Waals surface area contributed by atoms with Gasteiger partial charge in [0.2, 0.25) is 0 Å². The first-order valence-corrected chi connectivity index (χ1v) is 23.0. The molecule has 4 unspecified atom stereocenters. The highest BCUT2D eigenvalue weighted by Crippen LogP contribution is 2.37. The molecule has 68 heavy (non-hydrogen) atoms. The molecule has 0 radical (unpaired) electrons. The van der Waals surface area contributed by atoms with Crippen LogP contribution in [0.15, 0.2) is 36.4 Å². The highest BCUT2D eigenvalue weighted by Gasteiger charge is 2.35. The van der Waals surface area contributed by atoms with Gasteiger partial charge in [0.15, 0.2) is 11.6 Å². The van der Waals surface area contributed by atoms with Crippen LogP contribution in [0.4, 0.5) is 11.4 Å². The third-order valence-corrected chi connectivity index (χ3v) is 10.3. The third kappa shape index (κ3) is 20.1. The summed E-state index contributed by atoms with van der Waals surface area (Å²) >= 11 is 0. The molecule has 0 saturated heterocycles. The van der Waals surface area contributed by atoms with Crippen molar-refractivity contribution in [3.63, 3.8) is 0 Å². The summed E-state index contributed by atoms with van der Waals surface area (Å²) in [6, 6.07) is 9.08. The zero-order valence-corrected chi connectivity index (χ0v) is 39.3. The predicted molar refractivity (Wildman–Crippen MR) is 243 cm³/mol. The summed E-state index contributed by atoms with van der Waals surface area (Å²) in [4.78, 5) is 100.0. The number of aliphatic hydroxyl groups is 2. The molecule has 0 aliphatic heterocycles. The van der Waals surface area contributed by atoms with Crippen molar-refractivity contribution in [1.82, 2.24) is 0 Å². The van der Waals surface area contributed by atoms with Gasteiger partial charge in [-0.15, -0.1) is 0 Å². The van der Waals surface area contributed by atoms with E-state index in [0.717, 1.165) is 0 Å². The molecular formula is C48H66N2O18. The fourth-order valence-electron chi connectivity index (χ4n) is 6.46. The van der Waals surface area contributed by atoms with Crippen LogP contribution in [0, 0.1) is 0 Å². The number of carbonyl (C=O) groups excluding carboxylic acids is 8. The third-order valence-electron chi connectivity index (χ3n) is 10.3. The molecule has 0 spiro atoms. The average molecular weight is 959 g/mol. The Hall–Kier alpha value is -5.96. The van der Waals surface area contributed by atoms with Crippen LogP contribution < -0.4 is 10.6 Å². The number of hydrogen-bond donors (Lipinski definition) is 4. The summed E-state index contributed by atoms with van der Waals surface area (Å²) in [6.07, 6.45) is 0.426. The summed E-state index contributed by atoms with van der Waals surface area (Å²) in [7, 11) is 0. The van der Waals surface area contributed by atoms with Crippen molar-refractivity contribution in [2.24, 2.45) is 0 Å². The number of ketones is 2. The average Bonchev–Trinajstić information content (AvgIpc) is 3.32. The number of ether oxygens (including phenoxy) is 8. The van der Waals surface area contributed by atoms with Crippen LogP contribution in [0.1, 0.15) is 124 Å². The fourth-order valence-corrected chi connectivity index (χ4v) is 6.46. The predicted octanol–water partition coefficient (Wildman–Crippen LogP) is 4.02. The maximum atomic E-state index is 14.1. The first-order valence-electron chi connectivity index (χ1n) is 23.0. The normalized spacial score (nSPS) is 13.4. The monoisotopic (exact) mass is 958 g/mol. The lowest BCUT2D eigenvalue weighted by atomic mass is 9.82. The van der Waals surface area contributed by atoms with E-state index in [1.807, 2.05) is 13.8 Å². The number of rotatable bonds is 34. The van der Waals surface area contributed by atoms with Gasteiger partial charge in [0.25, 0.3) is 0 Å². The SMILES string of the molecule is CCC(COC(=O)CCCCC(=O)OCCOCCOC(=O)C(C)O)Nc1ccc(NC(CC)COC(=O)CCCCC(=O)OCCOCCOC(=O)C(C)O)c2c1C(=O)c1ccccc1C2=O. The van der Waals surface area contributed by atoms with Gasteiger partial charge in [-0.1, -0.05) is 38.1 Å². The van der Waals surface area contributed by atoms with E-state index in [-0.39, 0.29) is 126 Å². The standard InChI is InChI=1S/C48H66N2O18/c1-5-33(29-67-41(55)17-11-9-15-39(53)63-25-21-61-23-27-65-47(59)31(3)51)49-37-19-20-38(44-43(37)45(57)35-13-7-8-14-36(35)46(44)58)50-34(6-2)30-68-42(56)18-12-10-16-40(54)64-26-22-62-24-28-66-48(60)32(4)52/h7-8,13-14,19-20,31-34,49-52H,5-6,9-12,15-18,21-30H2,1-4H3. The Balaban J connectivity index is 1.46. The molecule has 0 heterocycles. The first kappa shape index (κ1) is 56.4. The lowest BCUT2D eigenvalue weighted by molar-refractivity contribution is -0.155. The van der Waals surface area contributed by atoms with Crippen molar-refractivity contribution in [1.29, 1.82) is 0 Å². The molecule has 20 heteroatoms. The van der Waals surface area contributed by atoms with Gasteiger partial charge in [-0.2, -0.15) is 0 Å². The van der Waals surface area contributed by atoms with Crippen LogP contribution in [0.3, 0.4) is 0 Å². The van der Waals surface area contributed by atoms with Gasteiger partial charge in [-0.3, -0.25) is 28.8 Å². The Kier molecular flexibility index (Phi) is 25.8. The van der Waals surface area contributed by atoms with Crippen molar-refractivity contribution in [3.05, 3.63) is 58.7 Å². The highest BCUT2D eigenvalue weighted by atomic mass is 16.6. The molecule has 4 atom stereocenters. The zero-order valence-electron chi connectivity index (χ0n) is 39.3. The Morgan fingerprint density at radius 3 is 1.13 bits per heavy atom. The second-order valence-corrected chi connectivity index (χ2v) is 15.7. The molecule has 20 nitrogen and oxygen atoms in total. The van der Waals surface area contributed by atoms with E-state index in [9.17, 15) is 38.4 Å². The van der Waals surface area contributed by atoms with E-state index in [0.29, 0.717) is 49.9 Å². The van der Waals surface area contributed by atoms with Gasteiger partial charge in [0.05, 0.1) is 49.6 Å². The van der Waals surface area contributed by atoms with Gasteiger partial charge in [0, 0.05) is 48.2 Å². The Morgan fingerprint density at radius 1 is 0.485 bits per heavy atom. The summed E-state index contributed by atoms with van der Waals surface area (Å²) < 4.78 is 41.3. The Labute approximate surface area is 396 Å². The van der Waals surface area contributed by atoms with Crippen molar-refractivity contribution >= 4 is 58.8 Å². The second-order valence-electron chi connectivity index (χ2n) is 15.7. The van der Waals surface area contributed by atoms with Crippen molar-refractivity contribution in [2.45, 2.75) is 116 Å². The number of carbonyl (C=O) groups is 8. The Morgan fingerprint density at radius 2 is 0.809 bits per heavy atom. The number of esters is 6. The second kappa shape index (κ2) is 31.2. The smallest absolute Gasteiger partial charge is 0.334 e. The maximum Gasteiger partial charge on any atom is 0.334 e. The number of nitrogens with one attached hydrogen (secondary N) is 2. The molecule has 1 aliphatic rings. The van der Waals surface area contributed by atoms with Gasteiger partial charge in [0.1, 0.15) is 51.8 Å². The van der Waals surface area contributed by atoms with E-state index in [1.165, 1.54) is 13.8 Å². The van der Waals surface area contributed by atoms with E-state index in [4.69, 9.17) is 48.1 Å². The lowest BCUT2D eigenvalue weighted by Crippen LogP contribution is -2.31. The Bertz CT molecular complexity index is 1850. The van der Waals surface area contributed by atoms with Crippen LogP contribution in [-0.2, 0) is 66.7 Å². The first-order chi connectivity index (χ1) is 32.7. The molecule has 0 aromatic heterocycles. The summed E-state index contributed by atoms with van der Waals surface area (Å²) in [5.74, 6) is -4.07. The molecule has 2 aromatic carbocycles. The largest absolute Gasteiger partial charge is 0.463 e. The van der Waals surface area contributed by atoms with E-state index < -0.39 is 60.1 Å². The molecule has 0 saturated carbocycles. The number of benzene rings is 2. The van der Waals surface area contributed by atoms with Crippen LogP contribution in [0.25, 0.3) is 0 Å². The molecule has 376 valence electrons. The number of hydrogen-bond acceptors (Lipinski definition) is 20. The van der Waals surface area contributed by atoms with Crippen LogP contribution in [0.2, 0.25) is 0 Å². The van der Waals surface area contributed by atoms with Gasteiger partial charge in [-0.25, -0.2) is 9.59 Å². The van der Waals surface area contributed by atoms with E-state index in [1.54, 1.807) is 36.4 Å². The minimum atomic E-state index is -1.22. The molecule has 2 aromatic rings.